The molecule has 3 rings (SSSR count). The number of carboxylic acids is 1. The van der Waals surface area contributed by atoms with E-state index in [-0.39, 0.29) is 16.2 Å². The Labute approximate surface area is 132 Å². The standard InChI is InChI=1S/C15H8ClF2NO2S/c16-9-5-7(1-2-10(9)17)22-13-4-3-11(18)14-8(13)6-12(19-14)15(20)21/h1-6,19H,(H,20,21). The van der Waals surface area contributed by atoms with Crippen molar-refractivity contribution < 1.29 is 18.7 Å². The minimum absolute atomic E-state index is 0.0105. The van der Waals surface area contributed by atoms with Crippen molar-refractivity contribution in [2.45, 2.75) is 9.79 Å². The Kier molecular flexibility index (Phi) is 3.80. The number of halogens is 3. The second-order valence-corrected chi connectivity index (χ2v) is 6.02. The summed E-state index contributed by atoms with van der Waals surface area (Å²) in [5.74, 6) is -2.23. The summed E-state index contributed by atoms with van der Waals surface area (Å²) in [4.78, 5) is 14.9. The highest BCUT2D eigenvalue weighted by Crippen LogP contribution is 2.36. The van der Waals surface area contributed by atoms with Crippen LogP contribution in [0, 0.1) is 11.6 Å². The fourth-order valence-corrected chi connectivity index (χ4v) is 3.25. The summed E-state index contributed by atoms with van der Waals surface area (Å²) >= 11 is 6.98. The lowest BCUT2D eigenvalue weighted by Gasteiger charge is -2.05. The third kappa shape index (κ3) is 2.67. The van der Waals surface area contributed by atoms with E-state index in [4.69, 9.17) is 16.7 Å². The van der Waals surface area contributed by atoms with Gasteiger partial charge in [0.2, 0.25) is 0 Å². The van der Waals surface area contributed by atoms with Crippen LogP contribution < -0.4 is 0 Å². The molecule has 7 heteroatoms. The van der Waals surface area contributed by atoms with Gasteiger partial charge in [0, 0.05) is 15.2 Å². The van der Waals surface area contributed by atoms with Gasteiger partial charge in [0.1, 0.15) is 17.3 Å². The van der Waals surface area contributed by atoms with Gasteiger partial charge in [-0.3, -0.25) is 0 Å². The zero-order valence-electron chi connectivity index (χ0n) is 10.9. The van der Waals surface area contributed by atoms with Gasteiger partial charge in [-0.2, -0.15) is 0 Å². The van der Waals surface area contributed by atoms with Gasteiger partial charge >= 0.3 is 5.97 Å². The average Bonchev–Trinajstić information content (AvgIpc) is 2.92. The summed E-state index contributed by atoms with van der Waals surface area (Å²) < 4.78 is 27.0. The van der Waals surface area contributed by atoms with E-state index in [1.165, 1.54) is 36.0 Å². The van der Waals surface area contributed by atoms with Crippen LogP contribution in [-0.2, 0) is 0 Å². The molecule has 0 aliphatic carbocycles. The van der Waals surface area contributed by atoms with Crippen LogP contribution in [0.25, 0.3) is 10.9 Å². The summed E-state index contributed by atoms with van der Waals surface area (Å²) in [6.07, 6.45) is 0. The Morgan fingerprint density at radius 3 is 2.55 bits per heavy atom. The Balaban J connectivity index is 2.08. The lowest BCUT2D eigenvalue weighted by molar-refractivity contribution is 0.0691. The topological polar surface area (TPSA) is 53.1 Å². The maximum Gasteiger partial charge on any atom is 0.352 e. The quantitative estimate of drug-likeness (QED) is 0.710. The van der Waals surface area contributed by atoms with E-state index in [9.17, 15) is 13.6 Å². The van der Waals surface area contributed by atoms with Crippen LogP contribution in [0.3, 0.4) is 0 Å². The molecule has 3 nitrogen and oxygen atoms in total. The highest BCUT2D eigenvalue weighted by molar-refractivity contribution is 7.99. The Bertz CT molecular complexity index is 895. The van der Waals surface area contributed by atoms with E-state index in [1.54, 1.807) is 12.1 Å². The zero-order valence-corrected chi connectivity index (χ0v) is 12.4. The fraction of sp³-hybridized carbons (Fsp3) is 0. The highest BCUT2D eigenvalue weighted by Gasteiger charge is 2.14. The van der Waals surface area contributed by atoms with Gasteiger partial charge in [-0.15, -0.1) is 0 Å². The molecule has 0 spiro atoms. The lowest BCUT2D eigenvalue weighted by Crippen LogP contribution is -1.95. The molecule has 112 valence electrons. The Hall–Kier alpha value is -2.05. The molecule has 0 radical (unpaired) electrons. The van der Waals surface area contributed by atoms with Crippen molar-refractivity contribution >= 4 is 40.2 Å². The number of rotatable bonds is 3. The van der Waals surface area contributed by atoms with E-state index in [2.05, 4.69) is 4.98 Å². The third-order valence-electron chi connectivity index (χ3n) is 3.05. The van der Waals surface area contributed by atoms with Gasteiger partial charge in [0.05, 0.1) is 10.5 Å². The van der Waals surface area contributed by atoms with Crippen LogP contribution in [0.5, 0.6) is 0 Å². The van der Waals surface area contributed by atoms with Crippen molar-refractivity contribution in [1.82, 2.24) is 4.98 Å². The molecule has 22 heavy (non-hydrogen) atoms. The second-order valence-electron chi connectivity index (χ2n) is 4.50. The maximum atomic E-state index is 13.8. The smallest absolute Gasteiger partial charge is 0.352 e. The van der Waals surface area contributed by atoms with E-state index >= 15 is 0 Å². The van der Waals surface area contributed by atoms with Crippen LogP contribution in [-0.4, -0.2) is 16.1 Å². The summed E-state index contributed by atoms with van der Waals surface area (Å²) in [7, 11) is 0. The van der Waals surface area contributed by atoms with Gasteiger partial charge < -0.3 is 10.1 Å². The molecule has 0 aliphatic heterocycles. The van der Waals surface area contributed by atoms with E-state index in [0.717, 1.165) is 0 Å². The fourth-order valence-electron chi connectivity index (χ4n) is 2.03. The lowest BCUT2D eigenvalue weighted by atomic mass is 10.2. The van der Waals surface area contributed by atoms with Gasteiger partial charge in [-0.05, 0) is 36.4 Å². The van der Waals surface area contributed by atoms with Crippen molar-refractivity contribution in [3.05, 3.63) is 58.7 Å². The van der Waals surface area contributed by atoms with Crippen molar-refractivity contribution in [3.8, 4) is 0 Å². The van der Waals surface area contributed by atoms with Gasteiger partial charge in [0.15, 0.2) is 0 Å². The van der Waals surface area contributed by atoms with Crippen molar-refractivity contribution in [2.75, 3.05) is 0 Å². The molecule has 0 saturated carbocycles. The average molecular weight is 340 g/mol. The van der Waals surface area contributed by atoms with E-state index in [0.29, 0.717) is 15.2 Å². The molecule has 1 heterocycles. The molecule has 0 amide bonds. The maximum absolute atomic E-state index is 13.8. The summed E-state index contributed by atoms with van der Waals surface area (Å²) in [6, 6.07) is 8.41. The van der Waals surface area contributed by atoms with Gasteiger partial charge in [0.25, 0.3) is 0 Å². The number of hydrogen-bond donors (Lipinski definition) is 2. The minimum Gasteiger partial charge on any atom is -0.477 e. The number of carbonyl (C=O) groups is 1. The monoisotopic (exact) mass is 339 g/mol. The van der Waals surface area contributed by atoms with Gasteiger partial charge in [-0.25, -0.2) is 13.6 Å². The number of carboxylic acid groups (broad SMARTS) is 1. The van der Waals surface area contributed by atoms with Gasteiger partial charge in [-0.1, -0.05) is 23.4 Å². The molecule has 0 fully saturated rings. The normalized spacial score (nSPS) is 11.0. The first-order chi connectivity index (χ1) is 10.5. The number of H-pyrrole nitrogens is 1. The molecule has 2 N–H and O–H groups in total. The first kappa shape index (κ1) is 14.9. The number of aromatic nitrogens is 1. The predicted molar refractivity (Wildman–Crippen MR) is 80.7 cm³/mol. The molecular formula is C15H8ClF2NO2S. The molecule has 2 aromatic carbocycles. The van der Waals surface area contributed by atoms with Crippen LogP contribution in [0.4, 0.5) is 8.78 Å². The first-order valence-corrected chi connectivity index (χ1v) is 7.32. The number of hydrogen-bond acceptors (Lipinski definition) is 2. The van der Waals surface area contributed by atoms with Crippen LogP contribution >= 0.6 is 23.4 Å². The van der Waals surface area contributed by atoms with Crippen LogP contribution in [0.15, 0.2) is 46.2 Å². The number of nitrogens with one attached hydrogen (secondary N) is 1. The van der Waals surface area contributed by atoms with Crippen molar-refractivity contribution in [1.29, 1.82) is 0 Å². The van der Waals surface area contributed by atoms with Crippen LogP contribution in [0.1, 0.15) is 10.5 Å². The summed E-state index contributed by atoms with van der Waals surface area (Å²) in [5.41, 5.74) is 0.0229. The molecule has 1 aromatic heterocycles. The molecule has 0 aliphatic rings. The summed E-state index contributed by atoms with van der Waals surface area (Å²) in [6.45, 7) is 0. The molecule has 0 atom stereocenters. The largest absolute Gasteiger partial charge is 0.477 e. The predicted octanol–water partition coefficient (Wildman–Crippen LogP) is 4.95. The summed E-state index contributed by atoms with van der Waals surface area (Å²) in [5, 5.41) is 9.44. The third-order valence-corrected chi connectivity index (χ3v) is 4.41. The number of benzene rings is 2. The Morgan fingerprint density at radius 1 is 1.14 bits per heavy atom. The van der Waals surface area contributed by atoms with Crippen molar-refractivity contribution in [2.24, 2.45) is 0 Å². The molecule has 0 unspecified atom stereocenters. The molecular weight excluding hydrogens is 332 g/mol. The second kappa shape index (κ2) is 5.62. The number of aromatic amines is 1. The number of fused-ring (bicyclic) bond motifs is 1. The van der Waals surface area contributed by atoms with Crippen LogP contribution in [0.2, 0.25) is 5.02 Å². The zero-order chi connectivity index (χ0) is 15.9. The van der Waals surface area contributed by atoms with Crippen molar-refractivity contribution in [3.63, 3.8) is 0 Å². The molecule has 0 bridgehead atoms. The molecule has 3 aromatic rings. The van der Waals surface area contributed by atoms with E-state index < -0.39 is 17.6 Å². The first-order valence-electron chi connectivity index (χ1n) is 6.13. The molecule has 0 saturated heterocycles. The Morgan fingerprint density at radius 2 is 1.86 bits per heavy atom. The minimum atomic E-state index is -1.17. The SMILES string of the molecule is O=C(O)c1cc2c(Sc3ccc(F)c(Cl)c3)ccc(F)c2[nH]1. The highest BCUT2D eigenvalue weighted by atomic mass is 35.5. The number of aromatic carboxylic acids is 1. The van der Waals surface area contributed by atoms with E-state index in [1.807, 2.05) is 0 Å².